The van der Waals surface area contributed by atoms with Crippen molar-refractivity contribution in [3.8, 4) is 5.75 Å². The van der Waals surface area contributed by atoms with Crippen molar-refractivity contribution in [1.82, 2.24) is 0 Å². The predicted molar refractivity (Wildman–Crippen MR) is 72.2 cm³/mol. The largest absolute Gasteiger partial charge is 0.489 e. The van der Waals surface area contributed by atoms with Crippen LogP contribution in [0.25, 0.3) is 0 Å². The standard InChI is InChI=1S/C15H20O3/c1-5-13(15(16)17)6-7-18-14-11(3)8-10(2)9-12(14)4/h6,8-9H,5,7H2,1-4H3,(H,16,17). The van der Waals surface area contributed by atoms with Gasteiger partial charge >= 0.3 is 5.97 Å². The van der Waals surface area contributed by atoms with Crippen LogP contribution in [0.4, 0.5) is 0 Å². The Morgan fingerprint density at radius 3 is 2.28 bits per heavy atom. The molecule has 0 saturated heterocycles. The van der Waals surface area contributed by atoms with Gasteiger partial charge < -0.3 is 9.84 Å². The molecular weight excluding hydrogens is 228 g/mol. The van der Waals surface area contributed by atoms with E-state index in [1.165, 1.54) is 5.56 Å². The molecule has 3 nitrogen and oxygen atoms in total. The average Bonchev–Trinajstić information content (AvgIpc) is 2.26. The minimum absolute atomic E-state index is 0.292. The monoisotopic (exact) mass is 248 g/mol. The number of carboxylic acids is 1. The van der Waals surface area contributed by atoms with E-state index >= 15 is 0 Å². The van der Waals surface area contributed by atoms with Crippen molar-refractivity contribution in [2.75, 3.05) is 6.61 Å². The summed E-state index contributed by atoms with van der Waals surface area (Å²) in [4.78, 5) is 10.8. The molecule has 3 heteroatoms. The Labute approximate surface area is 108 Å². The molecule has 0 atom stereocenters. The van der Waals surface area contributed by atoms with Gasteiger partial charge in [0.2, 0.25) is 0 Å². The highest BCUT2D eigenvalue weighted by atomic mass is 16.5. The van der Waals surface area contributed by atoms with Gasteiger partial charge in [0.1, 0.15) is 12.4 Å². The Bertz CT molecular complexity index is 450. The van der Waals surface area contributed by atoms with Gasteiger partial charge in [-0.1, -0.05) is 24.6 Å². The second-order valence-electron chi connectivity index (χ2n) is 4.43. The first-order chi connectivity index (χ1) is 8.45. The molecule has 1 aromatic rings. The van der Waals surface area contributed by atoms with Crippen molar-refractivity contribution in [2.24, 2.45) is 0 Å². The van der Waals surface area contributed by atoms with Gasteiger partial charge in [0.15, 0.2) is 0 Å². The predicted octanol–water partition coefficient (Wildman–Crippen LogP) is 3.41. The lowest BCUT2D eigenvalue weighted by Gasteiger charge is -2.12. The fourth-order valence-corrected chi connectivity index (χ4v) is 2.00. The number of carboxylic acid groups (broad SMARTS) is 1. The molecule has 0 spiro atoms. The van der Waals surface area contributed by atoms with E-state index in [-0.39, 0.29) is 0 Å². The van der Waals surface area contributed by atoms with E-state index in [0.29, 0.717) is 18.6 Å². The maximum Gasteiger partial charge on any atom is 0.331 e. The molecule has 1 aromatic carbocycles. The van der Waals surface area contributed by atoms with Gasteiger partial charge in [-0.25, -0.2) is 4.79 Å². The SMILES string of the molecule is CCC(=CCOc1c(C)cc(C)cc1C)C(=O)O. The summed E-state index contributed by atoms with van der Waals surface area (Å²) in [5.74, 6) is -0.0314. The quantitative estimate of drug-likeness (QED) is 0.812. The maximum absolute atomic E-state index is 10.8. The number of aliphatic carboxylic acids is 1. The molecule has 98 valence electrons. The summed E-state index contributed by atoms with van der Waals surface area (Å²) in [6, 6.07) is 4.12. The Balaban J connectivity index is 2.78. The summed E-state index contributed by atoms with van der Waals surface area (Å²) in [6.07, 6.45) is 2.13. The van der Waals surface area contributed by atoms with Crippen LogP contribution in [0.5, 0.6) is 5.75 Å². The third-order valence-corrected chi connectivity index (χ3v) is 2.82. The highest BCUT2D eigenvalue weighted by Gasteiger charge is 2.06. The Hall–Kier alpha value is -1.77. The van der Waals surface area contributed by atoms with Crippen LogP contribution in [0.15, 0.2) is 23.8 Å². The zero-order valence-corrected chi connectivity index (χ0v) is 11.4. The highest BCUT2D eigenvalue weighted by Crippen LogP contribution is 2.24. The topological polar surface area (TPSA) is 46.5 Å². The summed E-state index contributed by atoms with van der Waals surface area (Å²) in [6.45, 7) is 8.15. The van der Waals surface area contributed by atoms with Gasteiger partial charge in [-0.05, 0) is 44.4 Å². The van der Waals surface area contributed by atoms with Gasteiger partial charge in [-0.3, -0.25) is 0 Å². The maximum atomic E-state index is 10.8. The summed E-state index contributed by atoms with van der Waals surface area (Å²) in [5, 5.41) is 8.89. The summed E-state index contributed by atoms with van der Waals surface area (Å²) in [5.41, 5.74) is 3.74. The van der Waals surface area contributed by atoms with E-state index < -0.39 is 5.97 Å². The molecule has 0 fully saturated rings. The number of hydrogen-bond donors (Lipinski definition) is 1. The van der Waals surface area contributed by atoms with Gasteiger partial charge in [-0.2, -0.15) is 0 Å². The molecular formula is C15H20O3. The normalized spacial score (nSPS) is 11.4. The van der Waals surface area contributed by atoms with Crippen LogP contribution in [0.1, 0.15) is 30.0 Å². The first-order valence-corrected chi connectivity index (χ1v) is 6.08. The lowest BCUT2D eigenvalue weighted by atomic mass is 10.1. The van der Waals surface area contributed by atoms with E-state index in [1.807, 2.05) is 27.7 Å². The molecule has 0 aliphatic carbocycles. The zero-order valence-electron chi connectivity index (χ0n) is 11.4. The molecule has 0 aromatic heterocycles. The van der Waals surface area contributed by atoms with Crippen LogP contribution in [0.2, 0.25) is 0 Å². The number of aryl methyl sites for hydroxylation is 3. The second kappa shape index (κ2) is 6.24. The van der Waals surface area contributed by atoms with Crippen molar-refractivity contribution in [2.45, 2.75) is 34.1 Å². The number of ether oxygens (including phenoxy) is 1. The van der Waals surface area contributed by atoms with Gasteiger partial charge in [0.05, 0.1) is 0 Å². The molecule has 0 amide bonds. The van der Waals surface area contributed by atoms with Crippen LogP contribution in [0.3, 0.4) is 0 Å². The molecule has 0 aliphatic rings. The van der Waals surface area contributed by atoms with Crippen LogP contribution >= 0.6 is 0 Å². The molecule has 0 bridgehead atoms. The van der Waals surface area contributed by atoms with Crippen LogP contribution in [-0.4, -0.2) is 17.7 Å². The van der Waals surface area contributed by atoms with Gasteiger partial charge in [-0.15, -0.1) is 0 Å². The lowest BCUT2D eigenvalue weighted by Crippen LogP contribution is -2.04. The Kier molecular flexibility index (Phi) is 4.95. The lowest BCUT2D eigenvalue weighted by molar-refractivity contribution is -0.132. The number of benzene rings is 1. The van der Waals surface area contributed by atoms with Crippen molar-refractivity contribution in [3.05, 3.63) is 40.5 Å². The average molecular weight is 248 g/mol. The van der Waals surface area contributed by atoms with E-state index in [9.17, 15) is 4.79 Å². The minimum atomic E-state index is -0.876. The summed E-state index contributed by atoms with van der Waals surface area (Å²) >= 11 is 0. The number of carbonyl (C=O) groups is 1. The number of rotatable bonds is 5. The van der Waals surface area contributed by atoms with Gasteiger partial charge in [0, 0.05) is 5.57 Å². The summed E-state index contributed by atoms with van der Waals surface area (Å²) < 4.78 is 5.67. The molecule has 0 unspecified atom stereocenters. The Morgan fingerprint density at radius 1 is 1.28 bits per heavy atom. The molecule has 0 radical (unpaired) electrons. The fraction of sp³-hybridized carbons (Fsp3) is 0.400. The van der Waals surface area contributed by atoms with Gasteiger partial charge in [0.25, 0.3) is 0 Å². The van der Waals surface area contributed by atoms with Crippen LogP contribution in [0, 0.1) is 20.8 Å². The van der Waals surface area contributed by atoms with Crippen molar-refractivity contribution in [3.63, 3.8) is 0 Å². The third-order valence-electron chi connectivity index (χ3n) is 2.82. The van der Waals surface area contributed by atoms with E-state index in [2.05, 4.69) is 12.1 Å². The molecule has 0 heterocycles. The Morgan fingerprint density at radius 2 is 1.83 bits per heavy atom. The highest BCUT2D eigenvalue weighted by molar-refractivity contribution is 5.86. The van der Waals surface area contributed by atoms with Crippen molar-refractivity contribution >= 4 is 5.97 Å². The van der Waals surface area contributed by atoms with E-state index in [4.69, 9.17) is 9.84 Å². The second-order valence-corrected chi connectivity index (χ2v) is 4.43. The molecule has 18 heavy (non-hydrogen) atoms. The zero-order chi connectivity index (χ0) is 13.7. The molecule has 0 aliphatic heterocycles. The van der Waals surface area contributed by atoms with Crippen molar-refractivity contribution in [1.29, 1.82) is 0 Å². The molecule has 0 saturated carbocycles. The van der Waals surface area contributed by atoms with Crippen LogP contribution in [-0.2, 0) is 4.79 Å². The minimum Gasteiger partial charge on any atom is -0.489 e. The number of hydrogen-bond acceptors (Lipinski definition) is 2. The molecule has 1 N–H and O–H groups in total. The smallest absolute Gasteiger partial charge is 0.331 e. The fourth-order valence-electron chi connectivity index (χ4n) is 2.00. The summed E-state index contributed by atoms with van der Waals surface area (Å²) in [7, 11) is 0. The van der Waals surface area contributed by atoms with Crippen molar-refractivity contribution < 1.29 is 14.6 Å². The first kappa shape index (κ1) is 14.3. The first-order valence-electron chi connectivity index (χ1n) is 6.08. The third kappa shape index (κ3) is 3.62. The molecule has 1 rings (SSSR count). The van der Waals surface area contributed by atoms with E-state index in [0.717, 1.165) is 16.9 Å². The van der Waals surface area contributed by atoms with E-state index in [1.54, 1.807) is 6.08 Å². The van der Waals surface area contributed by atoms with Crippen LogP contribution < -0.4 is 4.74 Å².